The summed E-state index contributed by atoms with van der Waals surface area (Å²) in [5.41, 5.74) is 1.10. The minimum absolute atomic E-state index is 0.00806. The maximum Gasteiger partial charge on any atom is 0.262 e. The number of hydrogen-bond donors (Lipinski definition) is 1. The maximum absolute atomic E-state index is 13.2. The van der Waals surface area contributed by atoms with E-state index < -0.39 is 10.0 Å². The molecular formula is C24H36N6O3S. The molecule has 4 rings (SSSR count). The molecule has 1 N–H and O–H groups in total. The van der Waals surface area contributed by atoms with E-state index in [0.717, 1.165) is 38.3 Å². The highest BCUT2D eigenvalue weighted by atomic mass is 32.2. The van der Waals surface area contributed by atoms with Gasteiger partial charge in [-0.1, -0.05) is 30.3 Å². The molecule has 9 nitrogen and oxygen atoms in total. The molecule has 0 saturated carbocycles. The highest BCUT2D eigenvalue weighted by Gasteiger charge is 2.34. The van der Waals surface area contributed by atoms with Gasteiger partial charge in [0.2, 0.25) is 5.91 Å². The summed E-state index contributed by atoms with van der Waals surface area (Å²) in [6.07, 6.45) is 2.56. The number of carbonyl (C=O) groups excluding carboxylic acids is 1. The molecule has 1 aromatic heterocycles. The van der Waals surface area contributed by atoms with Gasteiger partial charge in [-0.2, -0.15) is 4.31 Å². The zero-order valence-corrected chi connectivity index (χ0v) is 21.2. The SMILES string of the molecule is Cc1nc(S(=O)(=O)N2CCC(C(=O)NC(CN3CCN(C)CC3)c3ccccc3)CC2)cn1C. The average Bonchev–Trinajstić information content (AvgIpc) is 3.19. The lowest BCUT2D eigenvalue weighted by atomic mass is 9.96. The predicted molar refractivity (Wildman–Crippen MR) is 131 cm³/mol. The Hall–Kier alpha value is -2.27. The Kier molecular flexibility index (Phi) is 7.71. The molecule has 2 aliphatic heterocycles. The van der Waals surface area contributed by atoms with Crippen molar-refractivity contribution in [3.05, 3.63) is 47.9 Å². The van der Waals surface area contributed by atoms with Crippen molar-refractivity contribution < 1.29 is 13.2 Å². The van der Waals surface area contributed by atoms with Crippen molar-refractivity contribution in [3.8, 4) is 0 Å². The van der Waals surface area contributed by atoms with Crippen LogP contribution in [0, 0.1) is 12.8 Å². The number of amides is 1. The van der Waals surface area contributed by atoms with E-state index in [0.29, 0.717) is 31.8 Å². The number of sulfonamides is 1. The van der Waals surface area contributed by atoms with Gasteiger partial charge >= 0.3 is 0 Å². The first-order valence-electron chi connectivity index (χ1n) is 12.0. The van der Waals surface area contributed by atoms with Crippen LogP contribution in [0.5, 0.6) is 0 Å². The van der Waals surface area contributed by atoms with Gasteiger partial charge in [-0.25, -0.2) is 13.4 Å². The first kappa shape index (κ1) is 24.8. The van der Waals surface area contributed by atoms with Crippen molar-refractivity contribution in [3.63, 3.8) is 0 Å². The van der Waals surface area contributed by atoms with Gasteiger partial charge in [0, 0.05) is 65.0 Å². The molecule has 1 atom stereocenters. The lowest BCUT2D eigenvalue weighted by Gasteiger charge is -2.36. The second kappa shape index (κ2) is 10.6. The lowest BCUT2D eigenvalue weighted by molar-refractivity contribution is -0.127. The number of nitrogens with one attached hydrogen (secondary N) is 1. The van der Waals surface area contributed by atoms with Crippen LogP contribution >= 0.6 is 0 Å². The number of carbonyl (C=O) groups is 1. The number of rotatable bonds is 7. The predicted octanol–water partition coefficient (Wildman–Crippen LogP) is 1.23. The van der Waals surface area contributed by atoms with Crippen LogP contribution in [0.1, 0.15) is 30.3 Å². The van der Waals surface area contributed by atoms with E-state index in [1.165, 1.54) is 4.31 Å². The monoisotopic (exact) mass is 488 g/mol. The van der Waals surface area contributed by atoms with Crippen LogP contribution in [-0.2, 0) is 21.9 Å². The molecule has 0 aliphatic carbocycles. The second-order valence-corrected chi connectivity index (χ2v) is 11.4. The topological polar surface area (TPSA) is 90.8 Å². The van der Waals surface area contributed by atoms with Crippen molar-refractivity contribution in [1.29, 1.82) is 0 Å². The zero-order chi connectivity index (χ0) is 24.3. The van der Waals surface area contributed by atoms with Gasteiger partial charge in [-0.15, -0.1) is 0 Å². The molecule has 1 aromatic carbocycles. The van der Waals surface area contributed by atoms with Crippen molar-refractivity contribution in [2.45, 2.75) is 30.8 Å². The summed E-state index contributed by atoms with van der Waals surface area (Å²) in [5.74, 6) is 0.462. The van der Waals surface area contributed by atoms with E-state index in [1.807, 2.05) is 18.2 Å². The molecule has 1 unspecified atom stereocenters. The highest BCUT2D eigenvalue weighted by molar-refractivity contribution is 7.89. The molecule has 186 valence electrons. The Labute approximate surface area is 202 Å². The number of likely N-dealkylation sites (N-methyl/N-ethyl adjacent to an activating group) is 1. The first-order valence-corrected chi connectivity index (χ1v) is 13.4. The fourth-order valence-electron chi connectivity index (χ4n) is 4.64. The summed E-state index contributed by atoms with van der Waals surface area (Å²) in [7, 11) is 0.272. The van der Waals surface area contributed by atoms with Crippen molar-refractivity contribution in [2.24, 2.45) is 13.0 Å². The Balaban J connectivity index is 1.38. The molecule has 0 spiro atoms. The van der Waals surface area contributed by atoms with E-state index in [9.17, 15) is 13.2 Å². The summed E-state index contributed by atoms with van der Waals surface area (Å²) in [4.78, 5) is 22.1. The molecule has 1 amide bonds. The van der Waals surface area contributed by atoms with Crippen LogP contribution in [0.2, 0.25) is 0 Å². The minimum atomic E-state index is -3.64. The standard InChI is InChI=1S/C24H36N6O3S/c1-19-25-23(18-28(19)3)34(32,33)30-11-9-21(10-12-30)24(31)26-22(20-7-5-4-6-8-20)17-29-15-13-27(2)14-16-29/h4-8,18,21-22H,9-17H2,1-3H3,(H,26,31). The summed E-state index contributed by atoms with van der Waals surface area (Å²) in [6, 6.07) is 10.0. The quantitative estimate of drug-likeness (QED) is 0.631. The average molecular weight is 489 g/mol. The van der Waals surface area contributed by atoms with Crippen LogP contribution in [0.4, 0.5) is 0 Å². The van der Waals surface area contributed by atoms with E-state index in [-0.39, 0.29) is 22.9 Å². The smallest absolute Gasteiger partial charge is 0.262 e. The lowest BCUT2D eigenvalue weighted by Crippen LogP contribution is -2.49. The van der Waals surface area contributed by atoms with E-state index in [4.69, 9.17) is 0 Å². The third-order valence-electron chi connectivity index (χ3n) is 7.07. The summed E-state index contributed by atoms with van der Waals surface area (Å²) in [5, 5.41) is 3.36. The number of piperidine rings is 1. The van der Waals surface area contributed by atoms with Crippen molar-refractivity contribution in [1.82, 2.24) is 29.0 Å². The van der Waals surface area contributed by atoms with Gasteiger partial charge in [0.1, 0.15) is 5.82 Å². The normalized spacial score (nSPS) is 20.3. The summed E-state index contributed by atoms with van der Waals surface area (Å²) in [6.45, 7) is 7.22. The van der Waals surface area contributed by atoms with E-state index in [1.54, 1.807) is 24.7 Å². The van der Waals surface area contributed by atoms with Crippen LogP contribution < -0.4 is 5.32 Å². The van der Waals surface area contributed by atoms with Crippen LogP contribution in [-0.4, -0.2) is 90.8 Å². The van der Waals surface area contributed by atoms with Gasteiger partial charge in [0.05, 0.1) is 6.04 Å². The third-order valence-corrected chi connectivity index (χ3v) is 8.84. The number of nitrogens with zero attached hydrogens (tertiary/aromatic N) is 5. The maximum atomic E-state index is 13.2. The molecule has 3 heterocycles. The molecule has 34 heavy (non-hydrogen) atoms. The number of benzene rings is 1. The van der Waals surface area contributed by atoms with Gasteiger partial charge < -0.3 is 14.8 Å². The number of aromatic nitrogens is 2. The first-order chi connectivity index (χ1) is 16.2. The van der Waals surface area contributed by atoms with Gasteiger partial charge in [-0.3, -0.25) is 9.69 Å². The summed E-state index contributed by atoms with van der Waals surface area (Å²) < 4.78 is 29.1. The number of piperazine rings is 1. The molecule has 2 fully saturated rings. The van der Waals surface area contributed by atoms with Gasteiger partial charge in [-0.05, 0) is 32.4 Å². The molecule has 10 heteroatoms. The summed E-state index contributed by atoms with van der Waals surface area (Å²) >= 11 is 0. The Morgan fingerprint density at radius 2 is 1.71 bits per heavy atom. The van der Waals surface area contributed by atoms with Gasteiger partial charge in [0.25, 0.3) is 10.0 Å². The van der Waals surface area contributed by atoms with Crippen LogP contribution in [0.3, 0.4) is 0 Å². The number of aryl methyl sites for hydroxylation is 2. The van der Waals surface area contributed by atoms with Gasteiger partial charge in [0.15, 0.2) is 5.03 Å². The van der Waals surface area contributed by atoms with Crippen molar-refractivity contribution >= 4 is 15.9 Å². The number of imidazole rings is 1. The molecule has 0 bridgehead atoms. The minimum Gasteiger partial charge on any atom is -0.348 e. The zero-order valence-electron chi connectivity index (χ0n) is 20.4. The molecular weight excluding hydrogens is 452 g/mol. The fraction of sp³-hybridized carbons (Fsp3) is 0.583. The second-order valence-electron chi connectivity index (χ2n) is 9.49. The van der Waals surface area contributed by atoms with Crippen molar-refractivity contribution in [2.75, 3.05) is 52.9 Å². The van der Waals surface area contributed by atoms with Crippen LogP contribution in [0.25, 0.3) is 0 Å². The fourth-order valence-corrected chi connectivity index (χ4v) is 6.13. The van der Waals surface area contributed by atoms with Crippen LogP contribution in [0.15, 0.2) is 41.6 Å². The molecule has 2 aliphatic rings. The highest BCUT2D eigenvalue weighted by Crippen LogP contribution is 2.25. The molecule has 2 aromatic rings. The largest absolute Gasteiger partial charge is 0.348 e. The van der Waals surface area contributed by atoms with E-state index in [2.05, 4.69) is 39.3 Å². The Morgan fingerprint density at radius 1 is 1.06 bits per heavy atom. The third kappa shape index (κ3) is 5.68. The molecule has 0 radical (unpaired) electrons. The van der Waals surface area contributed by atoms with E-state index >= 15 is 0 Å². The number of hydrogen-bond acceptors (Lipinski definition) is 6. The molecule has 2 saturated heterocycles. The Morgan fingerprint density at radius 3 is 2.29 bits per heavy atom. The Bertz CT molecular complexity index is 1050.